The maximum atomic E-state index is 13.6. The molecule has 5 rings (SSSR count). The predicted molar refractivity (Wildman–Crippen MR) is 123 cm³/mol. The van der Waals surface area contributed by atoms with Gasteiger partial charge in [-0.1, -0.05) is 26.0 Å². The Morgan fingerprint density at radius 2 is 1.94 bits per heavy atom. The molecule has 0 bridgehead atoms. The van der Waals surface area contributed by atoms with Crippen molar-refractivity contribution in [2.45, 2.75) is 32.6 Å². The molecule has 9 nitrogen and oxygen atoms in total. The molecule has 0 amide bonds. The number of nitriles is 1. The number of Topliss-reactive ketones (excluding diaryl/α,β-unsaturated/α-hetero) is 1. The number of fused-ring (bicyclic) bond motifs is 1. The van der Waals surface area contributed by atoms with Crippen LogP contribution in [0.3, 0.4) is 0 Å². The average Bonchev–Trinajstić information content (AvgIpc) is 3.25. The number of ether oxygens (including phenoxy) is 2. The van der Waals surface area contributed by atoms with Crippen LogP contribution in [-0.4, -0.2) is 17.5 Å². The number of non-ortho nitro benzene ring substituents is 1. The number of hydrogen-bond donors (Lipinski definition) is 1. The van der Waals surface area contributed by atoms with Gasteiger partial charge in [0, 0.05) is 29.8 Å². The van der Waals surface area contributed by atoms with Crippen LogP contribution in [-0.2, 0) is 4.79 Å². The lowest BCUT2D eigenvalue weighted by Gasteiger charge is -2.43. The van der Waals surface area contributed by atoms with E-state index in [4.69, 9.17) is 15.2 Å². The van der Waals surface area contributed by atoms with E-state index in [1.165, 1.54) is 12.1 Å². The molecule has 2 heterocycles. The lowest BCUT2D eigenvalue weighted by molar-refractivity contribution is -0.384. The fourth-order valence-electron chi connectivity index (χ4n) is 4.98. The van der Waals surface area contributed by atoms with Crippen molar-refractivity contribution in [1.29, 1.82) is 5.26 Å². The first kappa shape index (κ1) is 21.5. The molecule has 0 saturated heterocycles. The number of rotatable bonds is 3. The summed E-state index contributed by atoms with van der Waals surface area (Å²) in [4.78, 5) is 26.1. The highest BCUT2D eigenvalue weighted by molar-refractivity contribution is 6.01. The maximum absolute atomic E-state index is 13.6. The highest BCUT2D eigenvalue weighted by Crippen LogP contribution is 2.51. The summed E-state index contributed by atoms with van der Waals surface area (Å²) in [6.45, 7) is 4.10. The zero-order valence-electron chi connectivity index (χ0n) is 18.7. The molecule has 2 N–H and O–H groups in total. The molecule has 0 unspecified atom stereocenters. The smallest absolute Gasteiger partial charge is 0.271 e. The minimum Gasteiger partial charge on any atom is -0.454 e. The number of nitro groups is 1. The van der Waals surface area contributed by atoms with Gasteiger partial charge < -0.3 is 15.2 Å². The first-order valence-electron chi connectivity index (χ1n) is 10.8. The first-order valence-corrected chi connectivity index (χ1v) is 10.8. The van der Waals surface area contributed by atoms with Gasteiger partial charge in [0.25, 0.3) is 5.69 Å². The molecule has 1 aliphatic carbocycles. The van der Waals surface area contributed by atoms with Crippen LogP contribution in [0.4, 0.5) is 11.4 Å². The zero-order chi connectivity index (χ0) is 24.2. The SMILES string of the molecule is CC1(C)CC(=O)C2=C(C1)N(c1cccc([N+](=O)[O-])c1)C(N)=C(C#N)[C@H]2c1ccc2c(c1)OCO2. The van der Waals surface area contributed by atoms with Crippen molar-refractivity contribution in [1.82, 2.24) is 0 Å². The third-order valence-electron chi connectivity index (χ3n) is 6.41. The molecule has 34 heavy (non-hydrogen) atoms. The lowest BCUT2D eigenvalue weighted by Crippen LogP contribution is -2.42. The van der Waals surface area contributed by atoms with Crippen LogP contribution in [0, 0.1) is 26.9 Å². The van der Waals surface area contributed by atoms with Crippen LogP contribution in [0.25, 0.3) is 0 Å². The second-order valence-corrected chi connectivity index (χ2v) is 9.37. The Labute approximate surface area is 195 Å². The molecule has 0 fully saturated rings. The average molecular weight is 458 g/mol. The van der Waals surface area contributed by atoms with Crippen molar-refractivity contribution in [3.8, 4) is 17.6 Å². The van der Waals surface area contributed by atoms with Crippen LogP contribution in [0.15, 0.2) is 65.1 Å². The van der Waals surface area contributed by atoms with E-state index in [-0.39, 0.29) is 35.1 Å². The number of hydrogen-bond acceptors (Lipinski definition) is 8. The Morgan fingerprint density at radius 3 is 2.68 bits per heavy atom. The van der Waals surface area contributed by atoms with E-state index < -0.39 is 10.8 Å². The molecule has 0 saturated carbocycles. The summed E-state index contributed by atoms with van der Waals surface area (Å²) in [6, 6.07) is 13.6. The standard InChI is InChI=1S/C25H22N4O5/c1-25(2)10-18-23(19(30)11-25)22(14-6-7-20-21(8-14)34-13-33-20)17(12-26)24(27)28(18)15-4-3-5-16(9-15)29(31)32/h3-9,22H,10-11,13,27H2,1-2H3/t22-/m1/s1. The second-order valence-electron chi connectivity index (χ2n) is 9.37. The van der Waals surface area contributed by atoms with Crippen molar-refractivity contribution in [2.75, 3.05) is 11.7 Å². The number of nitrogens with zero attached hydrogens (tertiary/aromatic N) is 3. The van der Waals surface area contributed by atoms with Gasteiger partial charge in [-0.05, 0) is 35.6 Å². The lowest BCUT2D eigenvalue weighted by atomic mass is 9.68. The van der Waals surface area contributed by atoms with Gasteiger partial charge in [-0.25, -0.2) is 0 Å². The van der Waals surface area contributed by atoms with Crippen molar-refractivity contribution < 1.29 is 19.2 Å². The Hall–Kier alpha value is -4.32. The van der Waals surface area contributed by atoms with E-state index >= 15 is 0 Å². The van der Waals surface area contributed by atoms with Crippen LogP contribution >= 0.6 is 0 Å². The highest BCUT2D eigenvalue weighted by atomic mass is 16.7. The number of anilines is 1. The number of nitro benzene ring substituents is 1. The summed E-state index contributed by atoms with van der Waals surface area (Å²) < 4.78 is 10.9. The fourth-order valence-corrected chi connectivity index (χ4v) is 4.98. The number of carbonyl (C=O) groups is 1. The number of carbonyl (C=O) groups excluding carboxylic acids is 1. The van der Waals surface area contributed by atoms with E-state index in [0.717, 1.165) is 0 Å². The van der Waals surface area contributed by atoms with Gasteiger partial charge in [0.15, 0.2) is 17.3 Å². The van der Waals surface area contributed by atoms with E-state index in [2.05, 4.69) is 6.07 Å². The molecule has 9 heteroatoms. The predicted octanol–water partition coefficient (Wildman–Crippen LogP) is 4.26. The zero-order valence-corrected chi connectivity index (χ0v) is 18.7. The number of ketones is 1. The van der Waals surface area contributed by atoms with Crippen LogP contribution in [0.2, 0.25) is 0 Å². The fraction of sp³-hybridized carbons (Fsp3) is 0.280. The molecule has 2 aromatic rings. The van der Waals surface area contributed by atoms with Gasteiger partial charge in [0.1, 0.15) is 5.82 Å². The summed E-state index contributed by atoms with van der Waals surface area (Å²) in [7, 11) is 0. The minimum absolute atomic E-state index is 0.0791. The third-order valence-corrected chi connectivity index (χ3v) is 6.41. The van der Waals surface area contributed by atoms with Gasteiger partial charge in [-0.3, -0.25) is 19.8 Å². The molecular weight excluding hydrogens is 436 g/mol. The maximum Gasteiger partial charge on any atom is 0.271 e. The highest BCUT2D eigenvalue weighted by Gasteiger charge is 2.45. The molecule has 2 aliphatic heterocycles. The summed E-state index contributed by atoms with van der Waals surface area (Å²) >= 11 is 0. The molecule has 0 aromatic heterocycles. The van der Waals surface area contributed by atoms with Gasteiger partial charge in [0.2, 0.25) is 6.79 Å². The van der Waals surface area contributed by atoms with Gasteiger partial charge in [0.05, 0.1) is 28.2 Å². The van der Waals surface area contributed by atoms with Crippen molar-refractivity contribution in [2.24, 2.45) is 11.1 Å². The summed E-state index contributed by atoms with van der Waals surface area (Å²) in [5, 5.41) is 21.6. The number of benzene rings is 2. The third kappa shape index (κ3) is 3.35. The molecule has 0 radical (unpaired) electrons. The Bertz CT molecular complexity index is 1350. The van der Waals surface area contributed by atoms with E-state index in [1.807, 2.05) is 19.9 Å². The molecule has 172 valence electrons. The van der Waals surface area contributed by atoms with Gasteiger partial charge >= 0.3 is 0 Å². The van der Waals surface area contributed by atoms with Crippen molar-refractivity contribution in [3.63, 3.8) is 0 Å². The normalized spacial score (nSPS) is 20.8. The number of nitrogens with two attached hydrogens (primary N) is 1. The quantitative estimate of drug-likeness (QED) is 0.533. The molecule has 1 atom stereocenters. The van der Waals surface area contributed by atoms with Gasteiger partial charge in [-0.2, -0.15) is 5.26 Å². The van der Waals surface area contributed by atoms with Crippen LogP contribution in [0.5, 0.6) is 11.5 Å². The monoisotopic (exact) mass is 458 g/mol. The molecular formula is C25H22N4O5. The molecule has 2 aromatic carbocycles. The van der Waals surface area contributed by atoms with Crippen LogP contribution < -0.4 is 20.1 Å². The summed E-state index contributed by atoms with van der Waals surface area (Å²) in [6.07, 6.45) is 0.825. The topological polar surface area (TPSA) is 132 Å². The molecule has 0 spiro atoms. The Morgan fingerprint density at radius 1 is 1.18 bits per heavy atom. The number of allylic oxidation sites excluding steroid dienone is 3. The van der Waals surface area contributed by atoms with E-state index in [0.29, 0.717) is 46.9 Å². The van der Waals surface area contributed by atoms with Crippen LogP contribution in [0.1, 0.15) is 38.2 Å². The Kier molecular flexibility index (Phi) is 4.83. The first-order chi connectivity index (χ1) is 16.2. The largest absolute Gasteiger partial charge is 0.454 e. The van der Waals surface area contributed by atoms with Crippen molar-refractivity contribution >= 4 is 17.2 Å². The van der Waals surface area contributed by atoms with Gasteiger partial charge in [-0.15, -0.1) is 0 Å². The van der Waals surface area contributed by atoms with E-state index in [1.54, 1.807) is 29.2 Å². The minimum atomic E-state index is -0.673. The van der Waals surface area contributed by atoms with E-state index in [9.17, 15) is 20.2 Å². The summed E-state index contributed by atoms with van der Waals surface area (Å²) in [5.41, 5.74) is 8.60. The van der Waals surface area contributed by atoms with Crippen molar-refractivity contribution in [3.05, 3.63) is 80.8 Å². The second kappa shape index (κ2) is 7.63. The summed E-state index contributed by atoms with van der Waals surface area (Å²) in [5.74, 6) is 0.534. The Balaban J connectivity index is 1.75. The molecule has 3 aliphatic rings.